The number of benzene rings is 1. The van der Waals surface area contributed by atoms with E-state index in [0.717, 1.165) is 18.9 Å². The van der Waals surface area contributed by atoms with Gasteiger partial charge in [-0.2, -0.15) is 5.26 Å². The van der Waals surface area contributed by atoms with Crippen molar-refractivity contribution in [3.63, 3.8) is 0 Å². The number of carbonyl (C=O) groups is 3. The molecule has 0 fully saturated rings. The average molecular weight is 456 g/mol. The van der Waals surface area contributed by atoms with Gasteiger partial charge in [0.1, 0.15) is 17.6 Å². The van der Waals surface area contributed by atoms with E-state index < -0.39 is 35.2 Å². The van der Waals surface area contributed by atoms with E-state index in [1.807, 2.05) is 6.92 Å². The number of anilines is 1. The molecule has 1 aromatic carbocycles. The van der Waals surface area contributed by atoms with Crippen molar-refractivity contribution < 1.29 is 23.9 Å². The minimum absolute atomic E-state index is 0.0365. The van der Waals surface area contributed by atoms with Crippen LogP contribution in [0.4, 0.5) is 10.1 Å². The summed E-state index contributed by atoms with van der Waals surface area (Å²) in [5.41, 5.74) is 0.515. The molecule has 0 aliphatic rings. The largest absolute Gasteiger partial charge is 0.394 e. The lowest BCUT2D eigenvalue weighted by molar-refractivity contribution is -0.118. The monoisotopic (exact) mass is 455 g/mol. The molecule has 2 aromatic rings. The number of nitrogens with zero attached hydrogens (tertiary/aromatic N) is 2. The van der Waals surface area contributed by atoms with Gasteiger partial charge in [-0.05, 0) is 37.6 Å². The lowest BCUT2D eigenvalue weighted by atomic mass is 10.1. The molecular formula is C22H24FN4O4Si. The molecule has 0 aliphatic carbocycles. The van der Waals surface area contributed by atoms with Crippen LogP contribution in [0, 0.1) is 24.1 Å². The van der Waals surface area contributed by atoms with Crippen molar-refractivity contribution in [2.75, 3.05) is 11.9 Å². The first kappa shape index (κ1) is 25.0. The number of hydrogen-bond donors (Lipinski definition) is 3. The summed E-state index contributed by atoms with van der Waals surface area (Å²) in [5, 5.41) is 22.5. The first-order valence-corrected chi connectivity index (χ1v) is 10.5. The van der Waals surface area contributed by atoms with Crippen LogP contribution in [-0.4, -0.2) is 49.3 Å². The molecule has 167 valence electrons. The van der Waals surface area contributed by atoms with E-state index in [4.69, 9.17) is 5.26 Å². The molecule has 1 atom stereocenters. The van der Waals surface area contributed by atoms with Gasteiger partial charge in [-0.1, -0.05) is 19.8 Å². The Morgan fingerprint density at radius 2 is 2.00 bits per heavy atom. The van der Waals surface area contributed by atoms with Gasteiger partial charge < -0.3 is 20.3 Å². The van der Waals surface area contributed by atoms with Crippen molar-refractivity contribution in [3.05, 3.63) is 52.6 Å². The van der Waals surface area contributed by atoms with Gasteiger partial charge in [-0.15, -0.1) is 0 Å². The number of aromatic nitrogens is 1. The molecule has 0 unspecified atom stereocenters. The minimum Gasteiger partial charge on any atom is -0.394 e. The molecule has 8 nitrogen and oxygen atoms in total. The average Bonchev–Trinajstić information content (AvgIpc) is 3.07. The minimum atomic E-state index is -1.12. The van der Waals surface area contributed by atoms with Crippen molar-refractivity contribution >= 4 is 33.5 Å². The normalized spacial score (nSPS) is 12.5. The van der Waals surface area contributed by atoms with E-state index in [2.05, 4.69) is 20.9 Å². The Bertz CT molecular complexity index is 1090. The van der Waals surface area contributed by atoms with Crippen molar-refractivity contribution in [1.29, 1.82) is 5.26 Å². The zero-order chi connectivity index (χ0) is 24.1. The van der Waals surface area contributed by atoms with Crippen molar-refractivity contribution in [2.45, 2.75) is 38.3 Å². The molecule has 0 saturated carbocycles. The Labute approximate surface area is 188 Å². The Morgan fingerprint density at radius 1 is 1.31 bits per heavy atom. The maximum Gasteiger partial charge on any atom is 0.292 e. The molecule has 10 heteroatoms. The Kier molecular flexibility index (Phi) is 8.07. The summed E-state index contributed by atoms with van der Waals surface area (Å²) in [7, 11) is 4.91. The predicted molar refractivity (Wildman–Crippen MR) is 117 cm³/mol. The predicted octanol–water partition coefficient (Wildman–Crippen LogP) is 1.94. The number of nitriles is 1. The maximum atomic E-state index is 13.5. The molecule has 1 aromatic heterocycles. The smallest absolute Gasteiger partial charge is 0.292 e. The van der Waals surface area contributed by atoms with Crippen LogP contribution in [0.2, 0.25) is 0 Å². The van der Waals surface area contributed by atoms with Crippen molar-refractivity contribution in [1.82, 2.24) is 9.88 Å². The molecule has 1 heterocycles. The van der Waals surface area contributed by atoms with Crippen LogP contribution in [0.5, 0.6) is 0 Å². The highest BCUT2D eigenvalue weighted by Gasteiger charge is 2.30. The molecule has 2 amide bonds. The molecular weight excluding hydrogens is 431 g/mol. The van der Waals surface area contributed by atoms with Gasteiger partial charge in [-0.25, -0.2) is 4.39 Å². The first-order chi connectivity index (χ1) is 15.1. The quantitative estimate of drug-likeness (QED) is 0.303. The molecule has 0 saturated heterocycles. The maximum absolute atomic E-state index is 13.5. The number of unbranched alkanes of at least 4 members (excludes halogenated alkanes) is 1. The molecule has 32 heavy (non-hydrogen) atoms. The molecule has 0 aliphatic heterocycles. The second kappa shape index (κ2) is 10.3. The zero-order valence-corrected chi connectivity index (χ0v) is 19.1. The second-order valence-corrected chi connectivity index (χ2v) is 8.43. The van der Waals surface area contributed by atoms with Crippen LogP contribution in [-0.2, 0) is 11.8 Å². The molecule has 0 bridgehead atoms. The van der Waals surface area contributed by atoms with E-state index in [-0.39, 0.29) is 22.5 Å². The molecule has 0 spiro atoms. The summed E-state index contributed by atoms with van der Waals surface area (Å²) in [6.45, 7) is 3.16. The van der Waals surface area contributed by atoms with Gasteiger partial charge in [0.05, 0.1) is 22.4 Å². The van der Waals surface area contributed by atoms with Gasteiger partial charge in [0.2, 0.25) is 0 Å². The van der Waals surface area contributed by atoms with Crippen LogP contribution in [0.1, 0.15) is 58.3 Å². The van der Waals surface area contributed by atoms with E-state index in [9.17, 15) is 23.9 Å². The Morgan fingerprint density at radius 3 is 2.59 bits per heavy atom. The highest BCUT2D eigenvalue weighted by atomic mass is 28.1. The van der Waals surface area contributed by atoms with Gasteiger partial charge in [-0.3, -0.25) is 14.4 Å². The summed E-state index contributed by atoms with van der Waals surface area (Å²) in [6, 6.07) is 6.56. The number of halogens is 1. The zero-order valence-electron chi connectivity index (χ0n) is 18.1. The fourth-order valence-corrected chi connectivity index (χ4v) is 3.38. The highest BCUT2D eigenvalue weighted by molar-refractivity contribution is 6.44. The van der Waals surface area contributed by atoms with Crippen LogP contribution in [0.25, 0.3) is 0 Å². The number of rotatable bonds is 9. The van der Waals surface area contributed by atoms with Crippen LogP contribution >= 0.6 is 0 Å². The SMILES string of the molecule is CCCC[C@]([Si])(CO)NC(=O)C(=O)c1cc(C(=O)Nc2ccc(F)c(C#N)c2)n(C)c1C. The van der Waals surface area contributed by atoms with Gasteiger partial charge in [0.15, 0.2) is 0 Å². The second-order valence-electron chi connectivity index (χ2n) is 7.48. The van der Waals surface area contributed by atoms with Crippen molar-refractivity contribution in [2.24, 2.45) is 7.05 Å². The number of Topliss-reactive ketones (excluding diaryl/α,β-unsaturated/α-hetero) is 1. The van der Waals surface area contributed by atoms with Gasteiger partial charge in [0, 0.05) is 29.2 Å². The fourth-order valence-electron chi connectivity index (χ4n) is 3.09. The van der Waals surface area contributed by atoms with Crippen LogP contribution in [0.15, 0.2) is 24.3 Å². The van der Waals surface area contributed by atoms with Crippen LogP contribution in [0.3, 0.4) is 0 Å². The summed E-state index contributed by atoms with van der Waals surface area (Å²) >= 11 is 0. The molecule has 3 radical (unpaired) electrons. The Balaban J connectivity index is 2.24. The number of hydrogen-bond acceptors (Lipinski definition) is 5. The van der Waals surface area contributed by atoms with E-state index in [1.54, 1.807) is 20.0 Å². The number of amides is 2. The lowest BCUT2D eigenvalue weighted by Crippen LogP contribution is -2.54. The highest BCUT2D eigenvalue weighted by Crippen LogP contribution is 2.19. The Hall–Kier alpha value is -3.29. The summed E-state index contributed by atoms with van der Waals surface area (Å²) in [6.07, 6.45) is 2.00. The summed E-state index contributed by atoms with van der Waals surface area (Å²) in [4.78, 5) is 38.0. The lowest BCUT2D eigenvalue weighted by Gasteiger charge is -2.28. The molecule has 3 N–H and O–H groups in total. The van der Waals surface area contributed by atoms with E-state index in [0.29, 0.717) is 12.1 Å². The number of carbonyl (C=O) groups excluding carboxylic acids is 3. The summed E-state index contributed by atoms with van der Waals surface area (Å²) in [5.74, 6) is -3.07. The van der Waals surface area contributed by atoms with Crippen LogP contribution < -0.4 is 10.6 Å². The number of aliphatic hydroxyl groups is 1. The number of nitrogens with one attached hydrogen (secondary N) is 2. The van der Waals surface area contributed by atoms with Crippen molar-refractivity contribution in [3.8, 4) is 6.07 Å². The third kappa shape index (κ3) is 5.49. The number of aliphatic hydroxyl groups excluding tert-OH is 1. The third-order valence-electron chi connectivity index (χ3n) is 5.14. The topological polar surface area (TPSA) is 124 Å². The fraction of sp³-hybridized carbons (Fsp3) is 0.364. The van der Waals surface area contributed by atoms with E-state index in [1.165, 1.54) is 22.8 Å². The van der Waals surface area contributed by atoms with Gasteiger partial charge in [0.25, 0.3) is 17.6 Å². The standard InChI is InChI=1S/C22H24FN4O4Si/c1-4-5-8-22(32,12-28)26-21(31)19(29)16-10-18(27(3)13(16)2)20(30)25-15-6-7-17(23)14(9-15)11-24/h6-7,9-10,28H,4-5,8,12H2,1-3H3,(H,25,30)(H,26,31)/t22-/m0/s1. The summed E-state index contributed by atoms with van der Waals surface area (Å²) < 4.78 is 14.9. The first-order valence-electron chi connectivity index (χ1n) is 9.97. The van der Waals surface area contributed by atoms with E-state index >= 15 is 0 Å². The third-order valence-corrected chi connectivity index (χ3v) is 5.68. The van der Waals surface area contributed by atoms with Gasteiger partial charge >= 0.3 is 0 Å². The molecule has 2 rings (SSSR count). The number of ketones is 1.